The summed E-state index contributed by atoms with van der Waals surface area (Å²) in [4.78, 5) is 17.4. The number of aryl methyl sites for hydroxylation is 1. The number of aliphatic hydroxyl groups excluding tert-OH is 1. The number of aromatic nitrogens is 2. The van der Waals surface area contributed by atoms with Gasteiger partial charge in [-0.05, 0) is 59.5 Å². The van der Waals surface area contributed by atoms with E-state index in [9.17, 15) is 19.4 Å². The molecule has 2 heterocycles. The second kappa shape index (κ2) is 10.1. The highest BCUT2D eigenvalue weighted by Gasteiger charge is 2.21. The standard InChI is InChI=1S/C23H26BrFN2O5/c1-23(2,31-3)32-10-4-9-27-20-18(24)15(11-14-5-7-16(25)8-6-14)12-26-19(20)21(29)17(13-28)22(27)30/h5-8,12,28-29H,4,9-11,13H2,1-3H3. The molecule has 1 aromatic carbocycles. The number of rotatable bonds is 9. The van der Waals surface area contributed by atoms with Crippen molar-refractivity contribution in [3.05, 3.63) is 67.8 Å². The average molecular weight is 509 g/mol. The minimum atomic E-state index is -0.747. The van der Waals surface area contributed by atoms with Crippen molar-refractivity contribution in [1.29, 1.82) is 0 Å². The van der Waals surface area contributed by atoms with Crippen LogP contribution in [0.2, 0.25) is 0 Å². The largest absolute Gasteiger partial charge is 0.505 e. The van der Waals surface area contributed by atoms with E-state index in [2.05, 4.69) is 20.9 Å². The van der Waals surface area contributed by atoms with E-state index >= 15 is 0 Å². The number of hydrogen-bond acceptors (Lipinski definition) is 6. The molecule has 172 valence electrons. The zero-order valence-corrected chi connectivity index (χ0v) is 19.8. The molecule has 2 aromatic heterocycles. The van der Waals surface area contributed by atoms with Gasteiger partial charge in [-0.15, -0.1) is 0 Å². The van der Waals surface area contributed by atoms with Gasteiger partial charge in [0.25, 0.3) is 5.56 Å². The Bertz CT molecular complexity index is 1160. The molecule has 0 aliphatic rings. The molecule has 0 amide bonds. The lowest BCUT2D eigenvalue weighted by atomic mass is 10.1. The molecule has 7 nitrogen and oxygen atoms in total. The lowest BCUT2D eigenvalue weighted by Gasteiger charge is -2.23. The van der Waals surface area contributed by atoms with Crippen molar-refractivity contribution in [1.82, 2.24) is 9.55 Å². The number of nitrogens with zero attached hydrogens (tertiary/aromatic N) is 2. The quantitative estimate of drug-likeness (QED) is 0.336. The predicted molar refractivity (Wildman–Crippen MR) is 122 cm³/mol. The number of benzene rings is 1. The van der Waals surface area contributed by atoms with Gasteiger partial charge in [0.1, 0.15) is 11.3 Å². The number of aliphatic hydroxyl groups is 1. The molecular formula is C23H26BrFN2O5. The molecule has 0 radical (unpaired) electrons. The van der Waals surface area contributed by atoms with E-state index in [0.717, 1.165) is 11.1 Å². The van der Waals surface area contributed by atoms with Crippen LogP contribution in [-0.4, -0.2) is 39.3 Å². The number of halogens is 2. The summed E-state index contributed by atoms with van der Waals surface area (Å²) in [6.45, 7) is 3.60. The summed E-state index contributed by atoms with van der Waals surface area (Å²) >= 11 is 3.57. The Morgan fingerprint density at radius 3 is 2.56 bits per heavy atom. The van der Waals surface area contributed by atoms with Crippen molar-refractivity contribution in [2.45, 2.75) is 45.6 Å². The van der Waals surface area contributed by atoms with Crippen LogP contribution in [0.4, 0.5) is 4.39 Å². The highest BCUT2D eigenvalue weighted by Crippen LogP contribution is 2.33. The van der Waals surface area contributed by atoms with Crippen molar-refractivity contribution < 1.29 is 24.1 Å². The molecule has 0 saturated carbocycles. The van der Waals surface area contributed by atoms with E-state index < -0.39 is 18.0 Å². The zero-order chi connectivity index (χ0) is 23.5. The maximum Gasteiger partial charge on any atom is 0.260 e. The second-order valence-electron chi connectivity index (χ2n) is 7.85. The number of aromatic hydroxyl groups is 1. The summed E-state index contributed by atoms with van der Waals surface area (Å²) in [5.74, 6) is -1.41. The smallest absolute Gasteiger partial charge is 0.260 e. The first-order valence-corrected chi connectivity index (χ1v) is 10.9. The van der Waals surface area contributed by atoms with Crippen LogP contribution in [0.5, 0.6) is 5.75 Å². The number of hydrogen-bond donors (Lipinski definition) is 2. The van der Waals surface area contributed by atoms with Gasteiger partial charge in [0, 0.05) is 30.7 Å². The van der Waals surface area contributed by atoms with Gasteiger partial charge in [-0.3, -0.25) is 9.78 Å². The molecule has 0 aliphatic heterocycles. The van der Waals surface area contributed by atoms with E-state index in [1.165, 1.54) is 16.7 Å². The predicted octanol–water partition coefficient (Wildman–Crippen LogP) is 3.88. The van der Waals surface area contributed by atoms with E-state index in [1.54, 1.807) is 39.3 Å². The molecule has 32 heavy (non-hydrogen) atoms. The van der Waals surface area contributed by atoms with E-state index in [-0.39, 0.29) is 29.2 Å². The Hall–Kier alpha value is -2.33. The van der Waals surface area contributed by atoms with Crippen molar-refractivity contribution >= 4 is 27.0 Å². The fourth-order valence-corrected chi connectivity index (χ4v) is 3.99. The van der Waals surface area contributed by atoms with Crippen LogP contribution in [0.25, 0.3) is 11.0 Å². The normalized spacial score (nSPS) is 11.9. The number of fused-ring (bicyclic) bond motifs is 1. The third kappa shape index (κ3) is 5.17. The van der Waals surface area contributed by atoms with Crippen LogP contribution in [-0.2, 0) is 29.0 Å². The van der Waals surface area contributed by atoms with Crippen molar-refractivity contribution in [2.75, 3.05) is 13.7 Å². The Morgan fingerprint density at radius 1 is 1.25 bits per heavy atom. The first-order valence-electron chi connectivity index (χ1n) is 10.1. The molecule has 2 N–H and O–H groups in total. The van der Waals surface area contributed by atoms with Gasteiger partial charge < -0.3 is 24.3 Å². The minimum absolute atomic E-state index is 0.110. The Kier molecular flexibility index (Phi) is 7.66. The first-order chi connectivity index (χ1) is 15.2. The van der Waals surface area contributed by atoms with Crippen molar-refractivity contribution in [3.63, 3.8) is 0 Å². The molecule has 0 fully saturated rings. The summed E-state index contributed by atoms with van der Waals surface area (Å²) in [5, 5.41) is 20.2. The van der Waals surface area contributed by atoms with E-state index in [4.69, 9.17) is 9.47 Å². The second-order valence-corrected chi connectivity index (χ2v) is 8.64. The molecule has 3 aromatic rings. The molecule has 0 unspecified atom stereocenters. The third-order valence-electron chi connectivity index (χ3n) is 5.28. The van der Waals surface area contributed by atoms with Crippen molar-refractivity contribution in [3.8, 4) is 5.75 Å². The molecule has 0 aliphatic carbocycles. The summed E-state index contributed by atoms with van der Waals surface area (Å²) in [5.41, 5.74) is 1.67. The molecular weight excluding hydrogens is 483 g/mol. The van der Waals surface area contributed by atoms with Crippen LogP contribution in [0, 0.1) is 5.82 Å². The summed E-state index contributed by atoms with van der Waals surface area (Å²) < 4.78 is 26.2. The number of pyridine rings is 2. The van der Waals surface area contributed by atoms with Crippen LogP contribution < -0.4 is 5.56 Å². The van der Waals surface area contributed by atoms with Crippen LogP contribution in [0.15, 0.2) is 39.7 Å². The first kappa shape index (κ1) is 24.3. The third-order valence-corrected chi connectivity index (χ3v) is 6.17. The van der Waals surface area contributed by atoms with Gasteiger partial charge in [-0.1, -0.05) is 12.1 Å². The highest BCUT2D eigenvalue weighted by atomic mass is 79.9. The van der Waals surface area contributed by atoms with Crippen LogP contribution in [0.1, 0.15) is 37.0 Å². The highest BCUT2D eigenvalue weighted by molar-refractivity contribution is 9.10. The monoisotopic (exact) mass is 508 g/mol. The van der Waals surface area contributed by atoms with E-state index in [0.29, 0.717) is 29.4 Å². The minimum Gasteiger partial charge on any atom is -0.505 e. The van der Waals surface area contributed by atoms with E-state index in [1.807, 2.05) is 0 Å². The van der Waals surface area contributed by atoms with Gasteiger partial charge in [0.2, 0.25) is 0 Å². The molecule has 9 heteroatoms. The average Bonchev–Trinajstić information content (AvgIpc) is 2.76. The maximum atomic E-state index is 13.2. The summed E-state index contributed by atoms with van der Waals surface area (Å²) in [6, 6.07) is 6.13. The maximum absolute atomic E-state index is 13.2. The molecule has 3 rings (SSSR count). The van der Waals surface area contributed by atoms with Gasteiger partial charge >= 0.3 is 0 Å². The molecule has 0 spiro atoms. The van der Waals surface area contributed by atoms with Crippen LogP contribution in [0.3, 0.4) is 0 Å². The van der Waals surface area contributed by atoms with Crippen LogP contribution >= 0.6 is 15.9 Å². The topological polar surface area (TPSA) is 93.8 Å². The van der Waals surface area contributed by atoms with Crippen molar-refractivity contribution in [2.24, 2.45) is 0 Å². The lowest BCUT2D eigenvalue weighted by molar-refractivity contribution is -0.197. The van der Waals surface area contributed by atoms with Gasteiger partial charge in [-0.25, -0.2) is 4.39 Å². The molecule has 0 saturated heterocycles. The number of methoxy groups -OCH3 is 1. The molecule has 0 bridgehead atoms. The Balaban J connectivity index is 2.02. The SMILES string of the molecule is COC(C)(C)OCCCn1c(=O)c(CO)c(O)c2ncc(Cc3ccc(F)cc3)c(Br)c21. The van der Waals surface area contributed by atoms with Gasteiger partial charge in [-0.2, -0.15) is 0 Å². The fourth-order valence-electron chi connectivity index (χ4n) is 3.35. The lowest BCUT2D eigenvalue weighted by Crippen LogP contribution is -2.29. The molecule has 0 atom stereocenters. The fraction of sp³-hybridized carbons (Fsp3) is 0.391. The Labute approximate surface area is 193 Å². The van der Waals surface area contributed by atoms with Gasteiger partial charge in [0.15, 0.2) is 11.5 Å². The van der Waals surface area contributed by atoms with Gasteiger partial charge in [0.05, 0.1) is 24.3 Å². The summed E-state index contributed by atoms with van der Waals surface area (Å²) in [7, 11) is 1.55. The Morgan fingerprint density at radius 2 is 1.94 bits per heavy atom. The zero-order valence-electron chi connectivity index (χ0n) is 18.2. The number of ether oxygens (including phenoxy) is 2. The summed E-state index contributed by atoms with van der Waals surface area (Å²) in [6.07, 6.45) is 2.54.